The molecule has 0 spiro atoms. The largest absolute Gasteiger partial charge is 0.309 e. The zero-order valence-electron chi connectivity index (χ0n) is 11.9. The predicted octanol–water partition coefficient (Wildman–Crippen LogP) is 1.88. The van der Waals surface area contributed by atoms with Crippen LogP contribution in [0.25, 0.3) is 0 Å². The highest BCUT2D eigenvalue weighted by atomic mass is 16.1. The molecule has 0 amide bonds. The van der Waals surface area contributed by atoms with Gasteiger partial charge in [-0.3, -0.25) is 4.79 Å². The Morgan fingerprint density at radius 3 is 1.65 bits per heavy atom. The first-order valence-electron chi connectivity index (χ1n) is 6.84. The van der Waals surface area contributed by atoms with Crippen molar-refractivity contribution in [3.05, 3.63) is 0 Å². The van der Waals surface area contributed by atoms with Gasteiger partial charge >= 0.3 is 0 Å². The average molecular weight is 240 g/mol. The first-order valence-corrected chi connectivity index (χ1v) is 6.84. The summed E-state index contributed by atoms with van der Waals surface area (Å²) in [5, 5.41) is 0. The molecule has 0 heterocycles. The van der Waals surface area contributed by atoms with E-state index in [9.17, 15) is 4.79 Å². The Hall–Kier alpha value is -0.410. The molecule has 3 nitrogen and oxygen atoms in total. The summed E-state index contributed by atoms with van der Waals surface area (Å²) in [7, 11) is 8.25. The molecule has 3 heteroatoms. The van der Waals surface area contributed by atoms with Crippen molar-refractivity contribution in [3.8, 4) is 0 Å². The topological polar surface area (TPSA) is 23.6 Å². The number of ketones is 1. The molecule has 0 saturated heterocycles. The van der Waals surface area contributed by atoms with Crippen LogP contribution in [0.3, 0.4) is 0 Å². The van der Waals surface area contributed by atoms with Crippen LogP contribution in [0.5, 0.6) is 0 Å². The second kappa shape index (κ2) is 7.12. The van der Waals surface area contributed by atoms with Crippen LogP contribution in [0.2, 0.25) is 0 Å². The van der Waals surface area contributed by atoms with Crippen LogP contribution in [-0.2, 0) is 4.79 Å². The van der Waals surface area contributed by atoms with Crippen LogP contribution >= 0.6 is 0 Å². The molecule has 0 aromatic heterocycles. The van der Waals surface area contributed by atoms with E-state index in [1.54, 1.807) is 0 Å². The Morgan fingerprint density at radius 2 is 1.29 bits per heavy atom. The number of Topliss-reactive ketones (excluding diaryl/α,β-unsaturated/α-hetero) is 1. The number of carbonyl (C=O) groups excluding carboxylic acids is 1. The highest BCUT2D eigenvalue weighted by Crippen LogP contribution is 2.24. The molecule has 0 bridgehead atoms. The van der Waals surface area contributed by atoms with Gasteiger partial charge in [-0.05, 0) is 41.0 Å². The number of rotatable bonds is 4. The van der Waals surface area contributed by atoms with Crippen molar-refractivity contribution in [2.45, 2.75) is 32.1 Å². The molecule has 1 fully saturated rings. The third-order valence-electron chi connectivity index (χ3n) is 3.58. The van der Waals surface area contributed by atoms with E-state index >= 15 is 0 Å². The van der Waals surface area contributed by atoms with Crippen LogP contribution in [0.4, 0.5) is 0 Å². The standard InChI is InChI=1S/C14H28N2O/c1-15(2)10-12-8-6-5-7-9-13(14(12)17)11-16(3)4/h12-13H,5-11H2,1-4H3/t12-,13-/m1/s1. The van der Waals surface area contributed by atoms with Crippen molar-refractivity contribution < 1.29 is 4.79 Å². The van der Waals surface area contributed by atoms with E-state index in [1.807, 2.05) is 0 Å². The van der Waals surface area contributed by atoms with Crippen LogP contribution in [-0.4, -0.2) is 56.9 Å². The van der Waals surface area contributed by atoms with Crippen molar-refractivity contribution in [1.29, 1.82) is 0 Å². The monoisotopic (exact) mass is 240 g/mol. The van der Waals surface area contributed by atoms with Gasteiger partial charge in [-0.1, -0.05) is 19.3 Å². The van der Waals surface area contributed by atoms with Gasteiger partial charge < -0.3 is 9.80 Å². The van der Waals surface area contributed by atoms with Gasteiger partial charge in [-0.15, -0.1) is 0 Å². The normalized spacial score (nSPS) is 27.3. The minimum atomic E-state index is 0.259. The lowest BCUT2D eigenvalue weighted by molar-refractivity contribution is -0.128. The maximum absolute atomic E-state index is 12.5. The van der Waals surface area contributed by atoms with E-state index in [-0.39, 0.29) is 11.8 Å². The molecule has 1 aliphatic rings. The molecule has 0 aliphatic heterocycles. The third kappa shape index (κ3) is 5.17. The molecular formula is C14H28N2O. The minimum Gasteiger partial charge on any atom is -0.309 e. The zero-order chi connectivity index (χ0) is 12.8. The molecule has 0 aromatic rings. The van der Waals surface area contributed by atoms with E-state index in [0.29, 0.717) is 5.78 Å². The third-order valence-corrected chi connectivity index (χ3v) is 3.58. The molecular weight excluding hydrogens is 212 g/mol. The zero-order valence-corrected chi connectivity index (χ0v) is 11.9. The van der Waals surface area contributed by atoms with Gasteiger partial charge in [0, 0.05) is 24.9 Å². The van der Waals surface area contributed by atoms with Crippen molar-refractivity contribution in [2.24, 2.45) is 11.8 Å². The molecule has 1 aliphatic carbocycles. The van der Waals surface area contributed by atoms with Crippen LogP contribution < -0.4 is 0 Å². The van der Waals surface area contributed by atoms with Gasteiger partial charge in [0.1, 0.15) is 5.78 Å². The Balaban J connectivity index is 2.64. The van der Waals surface area contributed by atoms with E-state index < -0.39 is 0 Å². The molecule has 0 unspecified atom stereocenters. The van der Waals surface area contributed by atoms with E-state index in [0.717, 1.165) is 25.9 Å². The highest BCUT2D eigenvalue weighted by Gasteiger charge is 2.28. The van der Waals surface area contributed by atoms with Gasteiger partial charge in [0.2, 0.25) is 0 Å². The molecule has 100 valence electrons. The summed E-state index contributed by atoms with van der Waals surface area (Å²) < 4.78 is 0. The molecule has 17 heavy (non-hydrogen) atoms. The fraction of sp³-hybridized carbons (Fsp3) is 0.929. The van der Waals surface area contributed by atoms with Crippen LogP contribution in [0.1, 0.15) is 32.1 Å². The first kappa shape index (κ1) is 14.7. The van der Waals surface area contributed by atoms with Gasteiger partial charge in [0.15, 0.2) is 0 Å². The molecule has 2 atom stereocenters. The lowest BCUT2D eigenvalue weighted by Gasteiger charge is -2.28. The average Bonchev–Trinajstić information content (AvgIpc) is 2.21. The first-order chi connectivity index (χ1) is 8.00. The summed E-state index contributed by atoms with van der Waals surface area (Å²) in [6.07, 6.45) is 5.90. The maximum atomic E-state index is 12.5. The van der Waals surface area contributed by atoms with E-state index in [4.69, 9.17) is 0 Å². The summed E-state index contributed by atoms with van der Waals surface area (Å²) in [5.74, 6) is 1.03. The minimum absolute atomic E-state index is 0.259. The number of nitrogens with zero attached hydrogens (tertiary/aromatic N) is 2. The lowest BCUT2D eigenvalue weighted by Crippen LogP contribution is -2.37. The summed E-state index contributed by atoms with van der Waals surface area (Å²) in [6, 6.07) is 0. The Kier molecular flexibility index (Phi) is 6.14. The number of carbonyl (C=O) groups is 1. The second-order valence-corrected chi connectivity index (χ2v) is 5.96. The molecule has 0 radical (unpaired) electrons. The molecule has 0 N–H and O–H groups in total. The fourth-order valence-corrected chi connectivity index (χ4v) is 2.82. The van der Waals surface area contributed by atoms with Crippen molar-refractivity contribution >= 4 is 5.78 Å². The summed E-state index contributed by atoms with van der Waals surface area (Å²) in [6.45, 7) is 1.84. The molecule has 0 aromatic carbocycles. The smallest absolute Gasteiger partial charge is 0.141 e. The number of hydrogen-bond donors (Lipinski definition) is 0. The van der Waals surface area contributed by atoms with E-state index in [2.05, 4.69) is 38.0 Å². The fourth-order valence-electron chi connectivity index (χ4n) is 2.82. The van der Waals surface area contributed by atoms with Gasteiger partial charge in [0.05, 0.1) is 0 Å². The summed E-state index contributed by atoms with van der Waals surface area (Å²) >= 11 is 0. The molecule has 1 rings (SSSR count). The Morgan fingerprint density at radius 1 is 0.882 bits per heavy atom. The summed E-state index contributed by atoms with van der Waals surface area (Å²) in [5.41, 5.74) is 0. The lowest BCUT2D eigenvalue weighted by atomic mass is 9.82. The second-order valence-electron chi connectivity index (χ2n) is 5.96. The van der Waals surface area contributed by atoms with Crippen molar-refractivity contribution in [2.75, 3.05) is 41.3 Å². The van der Waals surface area contributed by atoms with Gasteiger partial charge in [-0.25, -0.2) is 0 Å². The number of hydrogen-bond acceptors (Lipinski definition) is 3. The van der Waals surface area contributed by atoms with Gasteiger partial charge in [0.25, 0.3) is 0 Å². The Labute approximate surface area is 106 Å². The Bertz CT molecular complexity index is 216. The highest BCUT2D eigenvalue weighted by molar-refractivity contribution is 5.84. The van der Waals surface area contributed by atoms with E-state index in [1.165, 1.54) is 19.3 Å². The summed E-state index contributed by atoms with van der Waals surface area (Å²) in [4.78, 5) is 16.8. The van der Waals surface area contributed by atoms with Gasteiger partial charge in [-0.2, -0.15) is 0 Å². The quantitative estimate of drug-likeness (QED) is 0.749. The van der Waals surface area contributed by atoms with Crippen LogP contribution in [0.15, 0.2) is 0 Å². The SMILES string of the molecule is CN(C)C[C@H]1CCCCC[C@H](CN(C)C)C1=O. The predicted molar refractivity (Wildman–Crippen MR) is 72.2 cm³/mol. The molecule has 1 saturated carbocycles. The van der Waals surface area contributed by atoms with Crippen LogP contribution in [0, 0.1) is 11.8 Å². The maximum Gasteiger partial charge on any atom is 0.141 e. The van der Waals surface area contributed by atoms with Crippen molar-refractivity contribution in [1.82, 2.24) is 9.80 Å². The van der Waals surface area contributed by atoms with Crippen molar-refractivity contribution in [3.63, 3.8) is 0 Å².